The van der Waals surface area contributed by atoms with E-state index in [-0.39, 0.29) is 47.9 Å². The number of carbonyl (C=O) groups excluding carboxylic acids is 2. The number of ether oxygens (including phenoxy) is 6. The number of benzene rings is 5. The zero-order chi connectivity index (χ0) is 54.2. The minimum atomic E-state index is -3.86. The van der Waals surface area contributed by atoms with Crippen LogP contribution in [0.15, 0.2) is 113 Å². The molecular formula is C55H58I2N2O13S3. The summed E-state index contributed by atoms with van der Waals surface area (Å²) in [6.45, 7) is 18.0. The maximum absolute atomic E-state index is 13.1. The Labute approximate surface area is 472 Å². The molecule has 0 saturated carbocycles. The van der Waals surface area contributed by atoms with Crippen LogP contribution < -0.4 is 14.4 Å². The number of non-ortho nitro benzene ring substituents is 1. The van der Waals surface area contributed by atoms with Crippen LogP contribution in [-0.4, -0.2) is 75.2 Å². The molecule has 1 amide bonds. The minimum absolute atomic E-state index is 0.0285. The molecular weight excluding hydrogens is 1250 g/mol. The van der Waals surface area contributed by atoms with Gasteiger partial charge in [-0.2, -0.15) is 8.42 Å². The van der Waals surface area contributed by atoms with E-state index in [4.69, 9.17) is 32.6 Å². The number of anilines is 1. The van der Waals surface area contributed by atoms with Crippen LogP contribution in [-0.2, 0) is 57.7 Å². The standard InChI is InChI=1S/C24H26INO4S.C22H23IO3S.C9H9NO6S/c1-15-14-31-22-19(29-12-16-8-6-5-7-9-16)10-18(21(25)20(15)22)26(11-17-13-28-17)23(27)30-24(2,3)4;1-14-13-27-21-17(25-12-15-8-6-5-7-9-15)10-16(20(23)19(14)21)11-18(24)26-22(2,3)4;11-10(12)7-1-3-9(4-2-7)17(13,14)16-6-8-5-15-8/h5-10,14,17H,11-13H2,1-4H3;5-10,13H,11-12H2,1-4H3;1-4,8H,5-6H2/t17-;;8-/m1.0/s1. The van der Waals surface area contributed by atoms with E-state index in [0.29, 0.717) is 33.0 Å². The van der Waals surface area contributed by atoms with Crippen LogP contribution in [0.4, 0.5) is 16.2 Å². The number of epoxide rings is 2. The second kappa shape index (κ2) is 25.0. The van der Waals surface area contributed by atoms with Gasteiger partial charge in [-0.05, 0) is 157 Å². The van der Waals surface area contributed by atoms with E-state index in [1.54, 1.807) is 27.6 Å². The highest BCUT2D eigenvalue weighted by Gasteiger charge is 2.34. The summed E-state index contributed by atoms with van der Waals surface area (Å²) in [5.74, 6) is 1.38. The van der Waals surface area contributed by atoms with Crippen LogP contribution >= 0.6 is 67.9 Å². The normalized spacial score (nSPS) is 15.0. The van der Waals surface area contributed by atoms with Gasteiger partial charge < -0.3 is 28.4 Å². The third kappa shape index (κ3) is 16.5. The molecule has 4 heterocycles. The van der Waals surface area contributed by atoms with Crippen LogP contribution in [0.1, 0.15) is 69.4 Å². The second-order valence-electron chi connectivity index (χ2n) is 19.6. The fourth-order valence-corrected chi connectivity index (χ4v) is 12.8. The molecule has 0 unspecified atom stereocenters. The predicted molar refractivity (Wildman–Crippen MR) is 309 cm³/mol. The summed E-state index contributed by atoms with van der Waals surface area (Å²) in [6, 6.07) is 28.7. The molecule has 9 rings (SSSR count). The Bertz CT molecular complexity index is 3240. The van der Waals surface area contributed by atoms with Crippen LogP contribution in [0.25, 0.3) is 20.2 Å². The van der Waals surface area contributed by atoms with Gasteiger partial charge in [0.05, 0.1) is 63.8 Å². The number of nitro benzene ring substituents is 1. The third-order valence-corrected chi connectivity index (χ3v) is 16.8. The fourth-order valence-electron chi connectivity index (χ4n) is 7.27. The van der Waals surface area contributed by atoms with E-state index in [1.807, 2.05) is 114 Å². The van der Waals surface area contributed by atoms with Gasteiger partial charge in [-0.25, -0.2) is 4.79 Å². The van der Waals surface area contributed by atoms with E-state index < -0.39 is 26.2 Å². The first-order valence-electron chi connectivity index (χ1n) is 23.8. The van der Waals surface area contributed by atoms with Crippen LogP contribution in [0, 0.1) is 31.1 Å². The second-order valence-corrected chi connectivity index (χ2v) is 25.1. The number of fused-ring (bicyclic) bond motifs is 2. The molecule has 7 aromatic rings. The highest BCUT2D eigenvalue weighted by molar-refractivity contribution is 14.1. The first-order chi connectivity index (χ1) is 35.5. The molecule has 0 radical (unpaired) electrons. The number of aryl methyl sites for hydroxylation is 2. The number of thiophene rings is 2. The molecule has 2 atom stereocenters. The maximum Gasteiger partial charge on any atom is 0.414 e. The van der Waals surface area contributed by atoms with Crippen molar-refractivity contribution in [2.45, 2.75) is 103 Å². The summed E-state index contributed by atoms with van der Waals surface area (Å²) in [4.78, 5) is 36.9. The Kier molecular flexibility index (Phi) is 19.3. The highest BCUT2D eigenvalue weighted by Crippen LogP contribution is 2.44. The molecule has 2 aromatic heterocycles. The fraction of sp³-hybridized carbons (Fsp3) is 0.345. The molecule has 2 saturated heterocycles. The lowest BCUT2D eigenvalue weighted by atomic mass is 10.1. The molecule has 20 heteroatoms. The van der Waals surface area contributed by atoms with E-state index in [0.717, 1.165) is 80.1 Å². The Balaban J connectivity index is 0.000000171. The van der Waals surface area contributed by atoms with Gasteiger partial charge >= 0.3 is 12.1 Å². The number of hydrogen-bond donors (Lipinski definition) is 0. The number of esters is 1. The summed E-state index contributed by atoms with van der Waals surface area (Å²) < 4.78 is 66.1. The smallest absolute Gasteiger partial charge is 0.414 e. The molecule has 2 aliphatic heterocycles. The van der Waals surface area contributed by atoms with E-state index in [1.165, 1.54) is 16.5 Å². The van der Waals surface area contributed by atoms with Crippen molar-refractivity contribution in [2.75, 3.05) is 31.3 Å². The molecule has 0 spiro atoms. The average molecular weight is 1310 g/mol. The van der Waals surface area contributed by atoms with Gasteiger partial charge in [-0.15, -0.1) is 22.7 Å². The largest absolute Gasteiger partial charge is 0.487 e. The van der Waals surface area contributed by atoms with Crippen LogP contribution in [0.3, 0.4) is 0 Å². The van der Waals surface area contributed by atoms with Crippen molar-refractivity contribution >= 4 is 122 Å². The van der Waals surface area contributed by atoms with Crippen molar-refractivity contribution in [1.29, 1.82) is 0 Å². The predicted octanol–water partition coefficient (Wildman–Crippen LogP) is 13.5. The molecule has 2 fully saturated rings. The van der Waals surface area contributed by atoms with Gasteiger partial charge in [0, 0.05) is 36.1 Å². The number of halogens is 2. The van der Waals surface area contributed by atoms with Crippen molar-refractivity contribution in [2.24, 2.45) is 0 Å². The molecule has 15 nitrogen and oxygen atoms in total. The van der Waals surface area contributed by atoms with Crippen LogP contribution in [0.2, 0.25) is 0 Å². The lowest BCUT2D eigenvalue weighted by Gasteiger charge is -2.28. The van der Waals surface area contributed by atoms with Gasteiger partial charge in [0.2, 0.25) is 0 Å². The van der Waals surface area contributed by atoms with Gasteiger partial charge in [0.25, 0.3) is 15.8 Å². The lowest BCUT2D eigenvalue weighted by molar-refractivity contribution is -0.384. The van der Waals surface area contributed by atoms with Crippen molar-refractivity contribution < 1.29 is 55.5 Å². The topological polar surface area (TPSA) is 186 Å². The molecule has 398 valence electrons. The molecule has 0 bridgehead atoms. The molecule has 75 heavy (non-hydrogen) atoms. The summed E-state index contributed by atoms with van der Waals surface area (Å²) in [5.41, 5.74) is 5.08. The molecule has 0 aliphatic carbocycles. The summed E-state index contributed by atoms with van der Waals surface area (Å²) in [7, 11) is -3.86. The zero-order valence-corrected chi connectivity index (χ0v) is 49.4. The number of rotatable bonds is 16. The SMILES string of the molecule is Cc1csc2c(OCc3ccccc3)cc(CC(=O)OC(C)(C)C)c(I)c12.Cc1csc2c(OCc3ccccc3)cc(N(C[C@@H]3CO3)C(=O)OC(C)(C)C)c(I)c12.O=[N+]([O-])c1ccc(S(=O)(=O)OC[C@@H]2CO2)cc1. The number of hydrogen-bond acceptors (Lipinski definition) is 15. The molecule has 0 N–H and O–H groups in total. The van der Waals surface area contributed by atoms with E-state index in [2.05, 4.69) is 69.8 Å². The van der Waals surface area contributed by atoms with Gasteiger partial charge in [0.15, 0.2) is 0 Å². The number of amides is 1. The first kappa shape index (κ1) is 57.7. The van der Waals surface area contributed by atoms with E-state index in [9.17, 15) is 28.1 Å². The third-order valence-electron chi connectivity index (χ3n) is 11.0. The highest BCUT2D eigenvalue weighted by atomic mass is 127. The van der Waals surface area contributed by atoms with Gasteiger partial charge in [-0.1, -0.05) is 60.7 Å². The van der Waals surface area contributed by atoms with Gasteiger partial charge in [0.1, 0.15) is 42.0 Å². The summed E-state index contributed by atoms with van der Waals surface area (Å²) in [5, 5.41) is 17.0. The van der Waals surface area contributed by atoms with Crippen molar-refractivity contribution in [3.05, 3.63) is 153 Å². The van der Waals surface area contributed by atoms with Crippen molar-refractivity contribution in [3.8, 4) is 11.5 Å². The van der Waals surface area contributed by atoms with Gasteiger partial charge in [-0.3, -0.25) is 24.0 Å². The minimum Gasteiger partial charge on any atom is -0.487 e. The number of nitrogens with zero attached hydrogens (tertiary/aromatic N) is 2. The van der Waals surface area contributed by atoms with E-state index >= 15 is 0 Å². The molecule has 2 aliphatic rings. The molecule has 5 aromatic carbocycles. The Hall–Kier alpha value is -4.95. The summed E-state index contributed by atoms with van der Waals surface area (Å²) >= 11 is 8.01. The Morgan fingerprint density at radius 1 is 0.733 bits per heavy atom. The van der Waals surface area contributed by atoms with Crippen LogP contribution in [0.5, 0.6) is 11.5 Å². The lowest BCUT2D eigenvalue weighted by Crippen LogP contribution is -2.39. The first-order valence-corrected chi connectivity index (χ1v) is 29.1. The number of nitro groups is 1. The summed E-state index contributed by atoms with van der Waals surface area (Å²) in [6.07, 6.45) is -0.260. The average Bonchev–Trinajstić information content (AvgIpc) is 4.29. The van der Waals surface area contributed by atoms with Crippen molar-refractivity contribution in [1.82, 2.24) is 0 Å². The Morgan fingerprint density at radius 3 is 1.71 bits per heavy atom. The maximum atomic E-state index is 13.1. The quantitative estimate of drug-likeness (QED) is 0.0222. The Morgan fingerprint density at radius 2 is 1.23 bits per heavy atom. The monoisotopic (exact) mass is 1300 g/mol. The van der Waals surface area contributed by atoms with Crippen molar-refractivity contribution in [3.63, 3.8) is 0 Å². The zero-order valence-electron chi connectivity index (χ0n) is 42.7. The number of carbonyl (C=O) groups is 2.